The number of carboxylic acids is 1. The van der Waals surface area contributed by atoms with E-state index in [0.29, 0.717) is 5.92 Å². The SMILES string of the molecule is CC(C)/C=C/NC(=O)NC(C)C(=O)O. The molecule has 14 heavy (non-hydrogen) atoms. The molecule has 0 aliphatic heterocycles. The van der Waals surface area contributed by atoms with E-state index in [9.17, 15) is 9.59 Å². The van der Waals surface area contributed by atoms with Gasteiger partial charge >= 0.3 is 12.0 Å². The summed E-state index contributed by atoms with van der Waals surface area (Å²) in [5.41, 5.74) is 0. The summed E-state index contributed by atoms with van der Waals surface area (Å²) >= 11 is 0. The monoisotopic (exact) mass is 200 g/mol. The number of hydrogen-bond acceptors (Lipinski definition) is 2. The molecule has 0 bridgehead atoms. The zero-order valence-electron chi connectivity index (χ0n) is 8.57. The Labute approximate surface area is 83.2 Å². The first-order valence-corrected chi connectivity index (χ1v) is 4.40. The first-order chi connectivity index (χ1) is 6.43. The van der Waals surface area contributed by atoms with Crippen molar-refractivity contribution in [3.05, 3.63) is 12.3 Å². The van der Waals surface area contributed by atoms with Crippen molar-refractivity contribution in [2.45, 2.75) is 26.8 Å². The maximum atomic E-state index is 11.0. The Morgan fingerprint density at radius 2 is 1.86 bits per heavy atom. The van der Waals surface area contributed by atoms with Gasteiger partial charge in [-0.2, -0.15) is 0 Å². The Hall–Kier alpha value is -1.52. The zero-order chi connectivity index (χ0) is 11.1. The molecular weight excluding hydrogens is 184 g/mol. The molecule has 2 amide bonds. The number of urea groups is 1. The highest BCUT2D eigenvalue weighted by Crippen LogP contribution is 1.91. The molecule has 0 aliphatic rings. The quantitative estimate of drug-likeness (QED) is 0.631. The summed E-state index contributed by atoms with van der Waals surface area (Å²) in [5.74, 6) is -0.722. The average Bonchev–Trinajstić information content (AvgIpc) is 2.02. The maximum absolute atomic E-state index is 11.0. The van der Waals surface area contributed by atoms with Crippen LogP contribution in [-0.4, -0.2) is 23.1 Å². The Kier molecular flexibility index (Phi) is 5.36. The maximum Gasteiger partial charge on any atom is 0.325 e. The first kappa shape index (κ1) is 12.5. The van der Waals surface area contributed by atoms with Crippen molar-refractivity contribution in [2.24, 2.45) is 5.92 Å². The highest BCUT2D eigenvalue weighted by atomic mass is 16.4. The van der Waals surface area contributed by atoms with Crippen LogP contribution in [0.25, 0.3) is 0 Å². The van der Waals surface area contributed by atoms with Crippen molar-refractivity contribution in [3.63, 3.8) is 0 Å². The van der Waals surface area contributed by atoms with E-state index < -0.39 is 18.0 Å². The minimum absolute atomic E-state index is 0.340. The highest BCUT2D eigenvalue weighted by Gasteiger charge is 2.12. The summed E-state index contributed by atoms with van der Waals surface area (Å²) < 4.78 is 0. The highest BCUT2D eigenvalue weighted by molar-refractivity contribution is 5.82. The summed E-state index contributed by atoms with van der Waals surface area (Å²) in [6.45, 7) is 5.33. The van der Waals surface area contributed by atoms with Crippen LogP contribution in [0.15, 0.2) is 12.3 Å². The molecule has 80 valence electrons. The average molecular weight is 200 g/mol. The van der Waals surface area contributed by atoms with Gasteiger partial charge in [0, 0.05) is 6.20 Å². The molecule has 5 nitrogen and oxygen atoms in total. The van der Waals surface area contributed by atoms with E-state index in [0.717, 1.165) is 0 Å². The summed E-state index contributed by atoms with van der Waals surface area (Å²) in [7, 11) is 0. The molecule has 1 unspecified atom stereocenters. The van der Waals surface area contributed by atoms with Crippen molar-refractivity contribution in [1.82, 2.24) is 10.6 Å². The van der Waals surface area contributed by atoms with E-state index in [4.69, 9.17) is 5.11 Å². The fraction of sp³-hybridized carbons (Fsp3) is 0.556. The van der Waals surface area contributed by atoms with E-state index in [2.05, 4.69) is 10.6 Å². The Bertz CT molecular complexity index is 236. The summed E-state index contributed by atoms with van der Waals surface area (Å²) in [6, 6.07) is -1.40. The lowest BCUT2D eigenvalue weighted by molar-refractivity contribution is -0.138. The molecule has 0 aromatic rings. The van der Waals surface area contributed by atoms with Gasteiger partial charge in [-0.1, -0.05) is 19.9 Å². The molecule has 0 aliphatic carbocycles. The predicted molar refractivity (Wildman–Crippen MR) is 52.7 cm³/mol. The summed E-state index contributed by atoms with van der Waals surface area (Å²) in [5, 5.41) is 13.1. The van der Waals surface area contributed by atoms with E-state index in [1.807, 2.05) is 13.8 Å². The van der Waals surface area contributed by atoms with Gasteiger partial charge in [-0.25, -0.2) is 4.79 Å². The lowest BCUT2D eigenvalue weighted by Gasteiger charge is -2.08. The Morgan fingerprint density at radius 1 is 1.29 bits per heavy atom. The van der Waals surface area contributed by atoms with Crippen LogP contribution in [0, 0.1) is 5.92 Å². The second kappa shape index (κ2) is 6.01. The second-order valence-corrected chi connectivity index (χ2v) is 3.28. The molecule has 0 aromatic heterocycles. The normalized spacial score (nSPS) is 12.9. The molecule has 5 heteroatoms. The Balaban J connectivity index is 3.82. The minimum atomic E-state index is -1.06. The number of carboxylic acid groups (broad SMARTS) is 1. The molecule has 0 radical (unpaired) electrons. The molecule has 0 saturated heterocycles. The third kappa shape index (κ3) is 6.05. The van der Waals surface area contributed by atoms with Gasteiger partial charge < -0.3 is 15.7 Å². The summed E-state index contributed by atoms with van der Waals surface area (Å²) in [4.78, 5) is 21.4. The minimum Gasteiger partial charge on any atom is -0.480 e. The molecule has 0 spiro atoms. The van der Waals surface area contributed by atoms with Gasteiger partial charge in [0.05, 0.1) is 0 Å². The van der Waals surface area contributed by atoms with Crippen LogP contribution in [-0.2, 0) is 4.79 Å². The number of rotatable bonds is 4. The van der Waals surface area contributed by atoms with Crippen molar-refractivity contribution in [2.75, 3.05) is 0 Å². The van der Waals surface area contributed by atoms with Crippen molar-refractivity contribution < 1.29 is 14.7 Å². The van der Waals surface area contributed by atoms with Crippen LogP contribution in [0.4, 0.5) is 4.79 Å². The van der Waals surface area contributed by atoms with Crippen LogP contribution in [0.2, 0.25) is 0 Å². The molecule has 3 N–H and O–H groups in total. The Morgan fingerprint density at radius 3 is 2.29 bits per heavy atom. The summed E-state index contributed by atoms with van der Waals surface area (Å²) in [6.07, 6.45) is 3.29. The lowest BCUT2D eigenvalue weighted by Crippen LogP contribution is -2.42. The standard InChI is InChI=1S/C9H16N2O3/c1-6(2)4-5-10-9(14)11-7(3)8(12)13/h4-7H,1-3H3,(H,12,13)(H2,10,11,14)/b5-4+. The molecule has 0 fully saturated rings. The first-order valence-electron chi connectivity index (χ1n) is 4.40. The number of amides is 2. The van der Waals surface area contributed by atoms with Gasteiger partial charge in [0.25, 0.3) is 0 Å². The fourth-order valence-corrected chi connectivity index (χ4v) is 0.616. The fourth-order valence-electron chi connectivity index (χ4n) is 0.616. The van der Waals surface area contributed by atoms with Crippen LogP contribution in [0.3, 0.4) is 0 Å². The molecule has 0 rings (SSSR count). The third-order valence-electron chi connectivity index (χ3n) is 1.41. The van der Waals surface area contributed by atoms with Crippen LogP contribution in [0.1, 0.15) is 20.8 Å². The van der Waals surface area contributed by atoms with Crippen LogP contribution >= 0.6 is 0 Å². The second-order valence-electron chi connectivity index (χ2n) is 3.28. The zero-order valence-corrected chi connectivity index (χ0v) is 8.57. The number of carbonyl (C=O) groups is 2. The van der Waals surface area contributed by atoms with Gasteiger partial charge in [-0.15, -0.1) is 0 Å². The van der Waals surface area contributed by atoms with E-state index in [1.165, 1.54) is 13.1 Å². The van der Waals surface area contributed by atoms with Crippen molar-refractivity contribution in [1.29, 1.82) is 0 Å². The number of carbonyl (C=O) groups excluding carboxylic acids is 1. The number of hydrogen-bond donors (Lipinski definition) is 3. The topological polar surface area (TPSA) is 78.4 Å². The number of nitrogens with one attached hydrogen (secondary N) is 2. The van der Waals surface area contributed by atoms with E-state index >= 15 is 0 Å². The van der Waals surface area contributed by atoms with Gasteiger partial charge in [0.2, 0.25) is 0 Å². The third-order valence-corrected chi connectivity index (χ3v) is 1.41. The van der Waals surface area contributed by atoms with E-state index in [1.54, 1.807) is 6.08 Å². The molecule has 0 heterocycles. The predicted octanol–water partition coefficient (Wildman–Crippen LogP) is 0.928. The van der Waals surface area contributed by atoms with Gasteiger partial charge in [-0.3, -0.25) is 4.79 Å². The largest absolute Gasteiger partial charge is 0.480 e. The van der Waals surface area contributed by atoms with Crippen LogP contribution in [0.5, 0.6) is 0 Å². The van der Waals surface area contributed by atoms with Gasteiger partial charge in [-0.05, 0) is 12.8 Å². The van der Waals surface area contributed by atoms with Crippen molar-refractivity contribution >= 4 is 12.0 Å². The number of allylic oxidation sites excluding steroid dienone is 1. The molecule has 0 saturated carbocycles. The molecule has 0 aromatic carbocycles. The van der Waals surface area contributed by atoms with E-state index in [-0.39, 0.29) is 0 Å². The molecule has 1 atom stereocenters. The van der Waals surface area contributed by atoms with Gasteiger partial charge in [0.1, 0.15) is 6.04 Å². The van der Waals surface area contributed by atoms with Crippen LogP contribution < -0.4 is 10.6 Å². The smallest absolute Gasteiger partial charge is 0.325 e. The van der Waals surface area contributed by atoms with Gasteiger partial charge in [0.15, 0.2) is 0 Å². The molecular formula is C9H16N2O3. The lowest BCUT2D eigenvalue weighted by atomic mass is 10.2. The number of aliphatic carboxylic acids is 1. The van der Waals surface area contributed by atoms with Crippen molar-refractivity contribution in [3.8, 4) is 0 Å².